The largest absolute Gasteiger partial charge is 0.532 e. The third-order valence-corrected chi connectivity index (χ3v) is 4.20. The molecule has 0 aromatic carbocycles. The van der Waals surface area contributed by atoms with Crippen LogP contribution < -0.4 is 5.73 Å². The van der Waals surface area contributed by atoms with Crippen molar-refractivity contribution in [1.82, 2.24) is 4.98 Å². The number of oxime groups is 1. The number of phosphoric ester groups is 1. The minimum atomic E-state index is -4.12. The van der Waals surface area contributed by atoms with Crippen LogP contribution in [0.1, 0.15) is 26.5 Å². The molecule has 0 fully saturated rings. The minimum absolute atomic E-state index is 0.00158. The van der Waals surface area contributed by atoms with Crippen LogP contribution in [0.2, 0.25) is 0 Å². The van der Waals surface area contributed by atoms with E-state index < -0.39 is 25.5 Å². The molecule has 1 aromatic rings. The van der Waals surface area contributed by atoms with Gasteiger partial charge in [0.05, 0.1) is 13.2 Å². The number of nitrogen functional groups attached to an aromatic ring is 1. The summed E-state index contributed by atoms with van der Waals surface area (Å²) in [6, 6.07) is 0. The molecule has 0 atom stereocenters. The van der Waals surface area contributed by atoms with Gasteiger partial charge in [0.1, 0.15) is 5.69 Å². The highest BCUT2D eigenvalue weighted by atomic mass is 32.1. The van der Waals surface area contributed by atoms with Gasteiger partial charge >= 0.3 is 19.8 Å². The molecule has 1 rings (SSSR count). The van der Waals surface area contributed by atoms with E-state index >= 15 is 0 Å². The SMILES string of the molecule is CCOP(=O)(OCC)OC(=O)/C(=N\OC(C)=O)c1csc(N)n1. The maximum atomic E-state index is 12.2. The molecule has 0 amide bonds. The Labute approximate surface area is 136 Å². The number of rotatable bonds is 8. The Morgan fingerprint density at radius 3 is 2.39 bits per heavy atom. The number of nitrogens with zero attached hydrogens (tertiary/aromatic N) is 2. The molecule has 0 aliphatic heterocycles. The summed E-state index contributed by atoms with van der Waals surface area (Å²) in [6.07, 6.45) is 0. The fraction of sp³-hybridized carbons (Fsp3) is 0.455. The second-order valence-electron chi connectivity index (χ2n) is 3.76. The van der Waals surface area contributed by atoms with Crippen LogP contribution in [-0.2, 0) is 32.6 Å². The van der Waals surface area contributed by atoms with E-state index in [9.17, 15) is 14.2 Å². The zero-order valence-corrected chi connectivity index (χ0v) is 14.4. The van der Waals surface area contributed by atoms with E-state index in [-0.39, 0.29) is 24.0 Å². The Balaban J connectivity index is 3.06. The summed E-state index contributed by atoms with van der Waals surface area (Å²) in [7, 11) is -4.12. The van der Waals surface area contributed by atoms with Gasteiger partial charge in [-0.2, -0.15) is 0 Å². The Hall–Kier alpha value is -1.81. The fourth-order valence-corrected chi connectivity index (χ4v) is 2.90. The fourth-order valence-electron chi connectivity index (χ4n) is 1.25. The van der Waals surface area contributed by atoms with Crippen LogP contribution in [-0.4, -0.2) is 35.8 Å². The number of aromatic nitrogens is 1. The van der Waals surface area contributed by atoms with Crippen molar-refractivity contribution >= 4 is 41.9 Å². The first kappa shape index (κ1) is 19.2. The van der Waals surface area contributed by atoms with Crippen molar-refractivity contribution < 1.29 is 32.6 Å². The summed E-state index contributed by atoms with van der Waals surface area (Å²) in [4.78, 5) is 31.3. The smallest absolute Gasteiger partial charge is 0.375 e. The molecule has 23 heavy (non-hydrogen) atoms. The molecule has 1 aromatic heterocycles. The Morgan fingerprint density at radius 1 is 1.35 bits per heavy atom. The van der Waals surface area contributed by atoms with Crippen molar-refractivity contribution in [2.24, 2.45) is 5.16 Å². The highest BCUT2D eigenvalue weighted by molar-refractivity contribution is 7.49. The van der Waals surface area contributed by atoms with Gasteiger partial charge in [-0.3, -0.25) is 9.05 Å². The second-order valence-corrected chi connectivity index (χ2v) is 6.24. The number of nitrogens with two attached hydrogens (primary N) is 1. The summed E-state index contributed by atoms with van der Waals surface area (Å²) in [6.45, 7) is 4.17. The maximum Gasteiger partial charge on any atom is 0.532 e. The van der Waals surface area contributed by atoms with E-state index in [1.54, 1.807) is 13.8 Å². The van der Waals surface area contributed by atoms with Gasteiger partial charge in [0.2, 0.25) is 5.71 Å². The van der Waals surface area contributed by atoms with Crippen molar-refractivity contribution in [3.05, 3.63) is 11.1 Å². The third kappa shape index (κ3) is 6.06. The first-order valence-corrected chi connectivity index (χ1v) is 8.75. The van der Waals surface area contributed by atoms with Gasteiger partial charge in [-0.25, -0.2) is 19.1 Å². The molecule has 0 bridgehead atoms. The topological polar surface area (TPSA) is 139 Å². The molecule has 10 nitrogen and oxygen atoms in total. The van der Waals surface area contributed by atoms with Crippen LogP contribution in [0.15, 0.2) is 10.5 Å². The summed E-state index contributed by atoms with van der Waals surface area (Å²) < 4.78 is 26.6. The average molecular weight is 365 g/mol. The van der Waals surface area contributed by atoms with Crippen molar-refractivity contribution in [3.63, 3.8) is 0 Å². The Kier molecular flexibility index (Phi) is 7.30. The van der Waals surface area contributed by atoms with E-state index in [2.05, 4.69) is 15.0 Å². The monoisotopic (exact) mass is 365 g/mol. The van der Waals surface area contributed by atoms with E-state index in [0.717, 1.165) is 18.3 Å². The normalized spacial score (nSPS) is 12.0. The lowest BCUT2D eigenvalue weighted by atomic mass is 10.3. The van der Waals surface area contributed by atoms with Gasteiger partial charge in [0.15, 0.2) is 5.13 Å². The molecule has 0 unspecified atom stereocenters. The lowest BCUT2D eigenvalue weighted by molar-refractivity contribution is -0.141. The molecule has 0 saturated heterocycles. The summed E-state index contributed by atoms with van der Waals surface area (Å²) in [5.41, 5.74) is 4.99. The van der Waals surface area contributed by atoms with Crippen LogP contribution >= 0.6 is 19.2 Å². The number of hydrogen-bond donors (Lipinski definition) is 1. The summed E-state index contributed by atoms with van der Waals surface area (Å²) in [5, 5.41) is 4.91. The predicted octanol–water partition coefficient (Wildman–Crippen LogP) is 1.72. The van der Waals surface area contributed by atoms with Gasteiger partial charge in [0.25, 0.3) is 0 Å². The second kappa shape index (κ2) is 8.73. The quantitative estimate of drug-likeness (QED) is 0.315. The van der Waals surface area contributed by atoms with Crippen LogP contribution in [0.4, 0.5) is 5.13 Å². The van der Waals surface area contributed by atoms with Gasteiger partial charge in [-0.15, -0.1) is 11.3 Å². The number of phosphoric acid groups is 1. The average Bonchev–Trinajstić information content (AvgIpc) is 2.85. The van der Waals surface area contributed by atoms with Crippen LogP contribution in [0, 0.1) is 0 Å². The third-order valence-electron chi connectivity index (χ3n) is 1.99. The molecule has 0 radical (unpaired) electrons. The lowest BCUT2D eigenvalue weighted by Crippen LogP contribution is -2.20. The van der Waals surface area contributed by atoms with Crippen molar-refractivity contribution in [2.45, 2.75) is 20.8 Å². The number of hydrogen-bond acceptors (Lipinski definition) is 11. The lowest BCUT2D eigenvalue weighted by Gasteiger charge is -2.15. The van der Waals surface area contributed by atoms with E-state index in [0.29, 0.717) is 0 Å². The molecule has 0 saturated carbocycles. The predicted molar refractivity (Wildman–Crippen MR) is 81.8 cm³/mol. The van der Waals surface area contributed by atoms with Crippen LogP contribution in [0.25, 0.3) is 0 Å². The Bertz CT molecular complexity index is 635. The minimum Gasteiger partial charge on any atom is -0.375 e. The molecule has 1 heterocycles. The first-order valence-electron chi connectivity index (χ1n) is 6.41. The zero-order valence-electron chi connectivity index (χ0n) is 12.7. The first-order chi connectivity index (χ1) is 10.8. The molecular weight excluding hydrogens is 349 g/mol. The van der Waals surface area contributed by atoms with Crippen molar-refractivity contribution in [1.29, 1.82) is 0 Å². The van der Waals surface area contributed by atoms with E-state index in [4.69, 9.17) is 19.3 Å². The van der Waals surface area contributed by atoms with Crippen molar-refractivity contribution in [3.8, 4) is 0 Å². The van der Waals surface area contributed by atoms with Gasteiger partial charge < -0.3 is 15.1 Å². The Morgan fingerprint density at radius 2 is 1.96 bits per heavy atom. The summed E-state index contributed by atoms with van der Waals surface area (Å²) in [5.74, 6) is -1.96. The molecule has 0 spiro atoms. The standard InChI is InChI=1S/C11H16N3O7PS/c1-4-18-22(17,19-5-2)21-10(16)9(14-20-7(3)15)8-6-23-11(12)13-8/h6H,4-5H2,1-3H3,(H2,12,13)/b14-9-. The highest BCUT2D eigenvalue weighted by Gasteiger charge is 2.34. The van der Waals surface area contributed by atoms with Gasteiger partial charge in [0, 0.05) is 12.3 Å². The van der Waals surface area contributed by atoms with E-state index in [1.165, 1.54) is 5.38 Å². The zero-order chi connectivity index (χ0) is 17.5. The number of anilines is 1. The number of carbonyl (C=O) groups excluding carboxylic acids is 2. The molecule has 0 aliphatic rings. The van der Waals surface area contributed by atoms with Crippen LogP contribution in [0.5, 0.6) is 0 Å². The van der Waals surface area contributed by atoms with Crippen molar-refractivity contribution in [2.75, 3.05) is 18.9 Å². The molecule has 12 heteroatoms. The number of carbonyl (C=O) groups is 2. The highest BCUT2D eigenvalue weighted by Crippen LogP contribution is 2.49. The molecule has 128 valence electrons. The molecule has 2 N–H and O–H groups in total. The van der Waals surface area contributed by atoms with Gasteiger partial charge in [-0.1, -0.05) is 5.16 Å². The maximum absolute atomic E-state index is 12.2. The number of thiazole rings is 1. The van der Waals surface area contributed by atoms with Gasteiger partial charge in [-0.05, 0) is 13.8 Å². The summed E-state index contributed by atoms with van der Waals surface area (Å²) >= 11 is 1.03. The molecular formula is C11H16N3O7PS. The van der Waals surface area contributed by atoms with Crippen LogP contribution in [0.3, 0.4) is 0 Å². The molecule has 0 aliphatic carbocycles. The van der Waals surface area contributed by atoms with E-state index in [1.807, 2.05) is 0 Å².